The van der Waals surface area contributed by atoms with E-state index >= 15 is 0 Å². The molecule has 2 heterocycles. The smallest absolute Gasteiger partial charge is 0.442 e. The molecule has 3 amide bonds. The predicted octanol–water partition coefficient (Wildman–Crippen LogP) is 2.39. The van der Waals surface area contributed by atoms with Crippen LogP contribution in [0.5, 0.6) is 0 Å². The maximum atomic E-state index is 13.2. The molecule has 2 aliphatic heterocycles. The monoisotopic (exact) mass is 523 g/mol. The molecule has 200 valence electrons. The Hall–Kier alpha value is -3.77. The minimum Gasteiger partial charge on any atom is -0.450 e. The number of alkyl halides is 3. The number of amides is 3. The summed E-state index contributed by atoms with van der Waals surface area (Å²) in [5, 5.41) is 13.6. The Balaban J connectivity index is 1.69. The summed E-state index contributed by atoms with van der Waals surface area (Å²) in [6, 6.07) is 3.48. The van der Waals surface area contributed by atoms with Gasteiger partial charge in [0.25, 0.3) is 11.8 Å². The Morgan fingerprint density at radius 2 is 1.68 bits per heavy atom. The SMILES string of the molecule is C=C1NC(=O)[C@H](CCCc2ccc(C3(C(F)(F)F)N=N3)cc2)NC(=O)[C@H](C(C)C)OC(=O)[C@H](C)NC1=O. The second-order valence-corrected chi connectivity index (χ2v) is 9.28. The van der Waals surface area contributed by atoms with E-state index in [0.29, 0.717) is 18.4 Å². The van der Waals surface area contributed by atoms with Crippen LogP contribution in [0.2, 0.25) is 0 Å². The Morgan fingerprint density at radius 1 is 1.05 bits per heavy atom. The van der Waals surface area contributed by atoms with Gasteiger partial charge < -0.3 is 20.7 Å². The van der Waals surface area contributed by atoms with E-state index in [0.717, 1.165) is 0 Å². The molecule has 0 radical (unpaired) electrons. The molecule has 1 saturated heterocycles. The largest absolute Gasteiger partial charge is 0.450 e. The average Bonchev–Trinajstić information content (AvgIpc) is 3.63. The third-order valence-electron chi connectivity index (χ3n) is 6.00. The molecule has 0 bridgehead atoms. The fourth-order valence-corrected chi connectivity index (χ4v) is 3.73. The van der Waals surface area contributed by atoms with Gasteiger partial charge in [-0.1, -0.05) is 44.7 Å². The summed E-state index contributed by atoms with van der Waals surface area (Å²) in [6.45, 7) is 8.21. The van der Waals surface area contributed by atoms with Crippen LogP contribution in [0.15, 0.2) is 46.8 Å². The van der Waals surface area contributed by atoms with Gasteiger partial charge in [-0.05, 0) is 37.7 Å². The minimum atomic E-state index is -4.62. The van der Waals surface area contributed by atoms with Crippen LogP contribution < -0.4 is 16.0 Å². The zero-order valence-electron chi connectivity index (χ0n) is 20.5. The van der Waals surface area contributed by atoms with Gasteiger partial charge in [0.1, 0.15) is 12.1 Å². The maximum absolute atomic E-state index is 13.2. The lowest BCUT2D eigenvalue weighted by atomic mass is 9.98. The number of carbonyl (C=O) groups excluding carboxylic acids is 4. The number of benzene rings is 1. The molecule has 1 aromatic rings. The van der Waals surface area contributed by atoms with Crippen LogP contribution in [0.3, 0.4) is 0 Å². The topological polar surface area (TPSA) is 138 Å². The van der Waals surface area contributed by atoms with Crippen molar-refractivity contribution < 1.29 is 37.1 Å². The normalized spacial score (nSPS) is 24.4. The molecular formula is C24H28F3N5O5. The molecule has 0 aliphatic carbocycles. The van der Waals surface area contributed by atoms with Crippen molar-refractivity contribution >= 4 is 23.7 Å². The van der Waals surface area contributed by atoms with Crippen molar-refractivity contribution in [1.82, 2.24) is 16.0 Å². The molecule has 0 spiro atoms. The molecule has 3 rings (SSSR count). The van der Waals surface area contributed by atoms with E-state index < -0.39 is 59.6 Å². The van der Waals surface area contributed by atoms with Gasteiger partial charge in [0.05, 0.1) is 5.70 Å². The molecule has 10 nitrogen and oxygen atoms in total. The molecular weight excluding hydrogens is 495 g/mol. The van der Waals surface area contributed by atoms with Crippen LogP contribution >= 0.6 is 0 Å². The van der Waals surface area contributed by atoms with Crippen molar-refractivity contribution in [2.75, 3.05) is 0 Å². The molecule has 0 saturated carbocycles. The third kappa shape index (κ3) is 6.33. The van der Waals surface area contributed by atoms with E-state index in [9.17, 15) is 32.3 Å². The van der Waals surface area contributed by atoms with Crippen LogP contribution in [0, 0.1) is 5.92 Å². The maximum Gasteiger partial charge on any atom is 0.442 e. The quantitative estimate of drug-likeness (QED) is 0.388. The zero-order chi connectivity index (χ0) is 27.5. The summed E-state index contributed by atoms with van der Waals surface area (Å²) < 4.78 is 44.8. The van der Waals surface area contributed by atoms with Crippen LogP contribution in [-0.4, -0.2) is 48.1 Å². The summed E-state index contributed by atoms with van der Waals surface area (Å²) >= 11 is 0. The second kappa shape index (κ2) is 10.7. The number of esters is 1. The molecule has 13 heteroatoms. The Bertz CT molecular complexity index is 1110. The molecule has 2 aliphatic rings. The van der Waals surface area contributed by atoms with Gasteiger partial charge in [0.15, 0.2) is 6.10 Å². The number of nitrogens with zero attached hydrogens (tertiary/aromatic N) is 2. The standard InChI is InChI=1S/C24H28F3N5O5/c1-12(2)18-21(35)30-17(20(34)28-13(3)19(33)29-14(4)22(36)37-18)7-5-6-15-8-10-16(11-9-15)23(31-32-23)24(25,26)27/h8-12,14,17-18H,3,5-7H2,1-2,4H3,(H,28,34)(H,29,33)(H,30,35)/t14-,17-,18-/m0/s1. The number of hydrogen-bond acceptors (Lipinski definition) is 7. The first-order chi connectivity index (χ1) is 17.2. The van der Waals surface area contributed by atoms with E-state index in [1.807, 2.05) is 0 Å². The molecule has 1 aromatic carbocycles. The van der Waals surface area contributed by atoms with Gasteiger partial charge >= 0.3 is 17.8 Å². The second-order valence-electron chi connectivity index (χ2n) is 9.28. The number of aryl methyl sites for hydroxylation is 1. The van der Waals surface area contributed by atoms with E-state index in [1.165, 1.54) is 31.2 Å². The van der Waals surface area contributed by atoms with Crippen LogP contribution in [0.4, 0.5) is 13.2 Å². The number of rotatable bonds is 6. The average molecular weight is 524 g/mol. The first-order valence-electron chi connectivity index (χ1n) is 11.7. The summed E-state index contributed by atoms with van der Waals surface area (Å²) in [4.78, 5) is 50.4. The molecule has 3 atom stereocenters. The summed E-state index contributed by atoms with van der Waals surface area (Å²) in [5.41, 5.74) is -2.19. The van der Waals surface area contributed by atoms with Crippen molar-refractivity contribution in [1.29, 1.82) is 0 Å². The molecule has 3 N–H and O–H groups in total. The van der Waals surface area contributed by atoms with Gasteiger partial charge in [-0.15, -0.1) is 10.2 Å². The van der Waals surface area contributed by atoms with Crippen molar-refractivity contribution in [3.05, 3.63) is 47.7 Å². The van der Waals surface area contributed by atoms with Crippen molar-refractivity contribution in [3.8, 4) is 0 Å². The fourth-order valence-electron chi connectivity index (χ4n) is 3.73. The Kier molecular flexibility index (Phi) is 8.03. The van der Waals surface area contributed by atoms with E-state index in [1.54, 1.807) is 13.8 Å². The molecule has 37 heavy (non-hydrogen) atoms. The number of ether oxygens (including phenoxy) is 1. The molecule has 0 unspecified atom stereocenters. The van der Waals surface area contributed by atoms with Gasteiger partial charge in [0, 0.05) is 5.56 Å². The summed E-state index contributed by atoms with van der Waals surface area (Å²) in [6.07, 6.45) is -4.94. The number of cyclic esters (lactones) is 1. The lowest BCUT2D eigenvalue weighted by Crippen LogP contribution is -2.54. The number of hydrogen-bond donors (Lipinski definition) is 3. The van der Waals surface area contributed by atoms with Gasteiger partial charge in [-0.25, -0.2) is 4.79 Å². The lowest BCUT2D eigenvalue weighted by Gasteiger charge is -2.27. The minimum absolute atomic E-state index is 0.0879. The fraction of sp³-hybridized carbons (Fsp3) is 0.500. The van der Waals surface area contributed by atoms with Gasteiger partial charge in [0.2, 0.25) is 5.91 Å². The van der Waals surface area contributed by atoms with Crippen LogP contribution in [0.1, 0.15) is 44.7 Å². The van der Waals surface area contributed by atoms with Crippen molar-refractivity contribution in [2.24, 2.45) is 16.1 Å². The number of carbonyl (C=O) groups is 4. The highest BCUT2D eigenvalue weighted by Crippen LogP contribution is 2.52. The van der Waals surface area contributed by atoms with Crippen molar-refractivity contribution in [3.63, 3.8) is 0 Å². The van der Waals surface area contributed by atoms with E-state index in [2.05, 4.69) is 32.8 Å². The third-order valence-corrected chi connectivity index (χ3v) is 6.00. The summed E-state index contributed by atoms with van der Waals surface area (Å²) in [5.74, 6) is -3.38. The first-order valence-corrected chi connectivity index (χ1v) is 11.7. The number of halogens is 3. The lowest BCUT2D eigenvalue weighted by molar-refractivity contribution is -0.166. The van der Waals surface area contributed by atoms with Gasteiger partial charge in [-0.3, -0.25) is 14.4 Å². The first kappa shape index (κ1) is 27.8. The highest BCUT2D eigenvalue weighted by molar-refractivity contribution is 6.01. The van der Waals surface area contributed by atoms with Crippen molar-refractivity contribution in [2.45, 2.75) is 70.1 Å². The highest BCUT2D eigenvalue weighted by atomic mass is 19.4. The Labute approximate surface area is 211 Å². The highest BCUT2D eigenvalue weighted by Gasteiger charge is 2.65. The molecule has 1 fully saturated rings. The van der Waals surface area contributed by atoms with Gasteiger partial charge in [-0.2, -0.15) is 13.2 Å². The summed E-state index contributed by atoms with van der Waals surface area (Å²) in [7, 11) is 0. The zero-order valence-corrected chi connectivity index (χ0v) is 20.5. The van der Waals surface area contributed by atoms with Crippen LogP contribution in [0.25, 0.3) is 0 Å². The van der Waals surface area contributed by atoms with E-state index in [-0.39, 0.29) is 17.7 Å². The van der Waals surface area contributed by atoms with E-state index in [4.69, 9.17) is 4.74 Å². The predicted molar refractivity (Wildman–Crippen MR) is 124 cm³/mol. The van der Waals surface area contributed by atoms with Crippen LogP contribution in [-0.2, 0) is 36.0 Å². The number of nitrogens with one attached hydrogen (secondary N) is 3. The Morgan fingerprint density at radius 3 is 2.22 bits per heavy atom. The molecule has 0 aromatic heterocycles.